The summed E-state index contributed by atoms with van der Waals surface area (Å²) in [4.78, 5) is 26.6. The molecule has 5 rings (SSSR count). The van der Waals surface area contributed by atoms with Gasteiger partial charge in [-0.2, -0.15) is 0 Å². The van der Waals surface area contributed by atoms with Crippen molar-refractivity contribution in [2.24, 2.45) is 0 Å². The maximum absolute atomic E-state index is 12.4. The number of likely N-dealkylation sites (N-methyl/N-ethyl adjacent to an activating group) is 1. The smallest absolute Gasteiger partial charge is 0.228 e. The summed E-state index contributed by atoms with van der Waals surface area (Å²) in [6.07, 6.45) is 3.38. The van der Waals surface area contributed by atoms with Crippen molar-refractivity contribution < 1.29 is 4.79 Å². The summed E-state index contributed by atoms with van der Waals surface area (Å²) in [7, 11) is 2.17. The van der Waals surface area contributed by atoms with Crippen LogP contribution in [0.15, 0.2) is 79.0 Å². The van der Waals surface area contributed by atoms with Crippen LogP contribution < -0.4 is 10.2 Å². The summed E-state index contributed by atoms with van der Waals surface area (Å²) in [6.45, 7) is 4.12. The number of nitrogens with one attached hydrogen (secondary N) is 1. The SMILES string of the molecule is CN1CCCN(c2cnc3ccc(-c4ccc(NC(=O)Cc5ccccc5)cc4)cc3n2)CC1. The van der Waals surface area contributed by atoms with Gasteiger partial charge < -0.3 is 15.1 Å². The van der Waals surface area contributed by atoms with Crippen LogP contribution in [0.5, 0.6) is 0 Å². The topological polar surface area (TPSA) is 61.4 Å². The Hall–Kier alpha value is -3.77. The van der Waals surface area contributed by atoms with E-state index >= 15 is 0 Å². The first-order valence-corrected chi connectivity index (χ1v) is 11.8. The van der Waals surface area contributed by atoms with Gasteiger partial charge in [-0.05, 0) is 61.0 Å². The molecule has 172 valence electrons. The predicted molar refractivity (Wildman–Crippen MR) is 138 cm³/mol. The molecule has 1 saturated heterocycles. The van der Waals surface area contributed by atoms with E-state index in [2.05, 4.69) is 39.3 Å². The van der Waals surface area contributed by atoms with Gasteiger partial charge in [-0.3, -0.25) is 9.78 Å². The molecule has 1 fully saturated rings. The van der Waals surface area contributed by atoms with Crippen molar-refractivity contribution in [2.75, 3.05) is 43.4 Å². The average Bonchev–Trinajstić information content (AvgIpc) is 3.09. The normalized spacial score (nSPS) is 14.7. The maximum Gasteiger partial charge on any atom is 0.228 e. The van der Waals surface area contributed by atoms with Crippen LogP contribution in [0.3, 0.4) is 0 Å². The number of nitrogens with zero attached hydrogens (tertiary/aromatic N) is 4. The Balaban J connectivity index is 1.30. The van der Waals surface area contributed by atoms with E-state index in [1.807, 2.05) is 66.9 Å². The van der Waals surface area contributed by atoms with Gasteiger partial charge in [0, 0.05) is 25.3 Å². The molecular weight excluding hydrogens is 422 g/mol. The minimum Gasteiger partial charge on any atom is -0.354 e. The lowest BCUT2D eigenvalue weighted by Crippen LogP contribution is -2.29. The first kappa shape index (κ1) is 22.0. The predicted octanol–water partition coefficient (Wildman–Crippen LogP) is 4.62. The van der Waals surface area contributed by atoms with Crippen LogP contribution in [0.25, 0.3) is 22.2 Å². The number of fused-ring (bicyclic) bond motifs is 1. The third-order valence-electron chi connectivity index (χ3n) is 6.28. The number of aromatic nitrogens is 2. The molecule has 6 nitrogen and oxygen atoms in total. The Bertz CT molecular complexity index is 1270. The molecule has 1 amide bonds. The van der Waals surface area contributed by atoms with Gasteiger partial charge in [0.25, 0.3) is 0 Å². The van der Waals surface area contributed by atoms with Gasteiger partial charge in [-0.15, -0.1) is 0 Å². The van der Waals surface area contributed by atoms with Gasteiger partial charge >= 0.3 is 0 Å². The van der Waals surface area contributed by atoms with E-state index < -0.39 is 0 Å². The second-order valence-electron chi connectivity index (χ2n) is 8.86. The minimum atomic E-state index is -0.0211. The van der Waals surface area contributed by atoms with Crippen LogP contribution in [0.4, 0.5) is 11.5 Å². The van der Waals surface area contributed by atoms with Crippen LogP contribution in [-0.4, -0.2) is 54.0 Å². The highest BCUT2D eigenvalue weighted by Crippen LogP contribution is 2.26. The maximum atomic E-state index is 12.4. The van der Waals surface area contributed by atoms with Gasteiger partial charge in [0.05, 0.1) is 23.7 Å². The molecule has 0 saturated carbocycles. The fourth-order valence-corrected chi connectivity index (χ4v) is 4.34. The summed E-state index contributed by atoms with van der Waals surface area (Å²) in [5, 5.41) is 2.98. The van der Waals surface area contributed by atoms with Crippen molar-refractivity contribution in [3.05, 3.63) is 84.6 Å². The molecule has 0 aliphatic carbocycles. The molecule has 6 heteroatoms. The number of carbonyl (C=O) groups is 1. The van der Waals surface area contributed by atoms with Crippen molar-refractivity contribution in [1.82, 2.24) is 14.9 Å². The summed E-state index contributed by atoms with van der Waals surface area (Å²) in [5.41, 5.74) is 5.74. The molecule has 1 aromatic heterocycles. The largest absolute Gasteiger partial charge is 0.354 e. The number of hydrogen-bond acceptors (Lipinski definition) is 5. The third kappa shape index (κ3) is 5.24. The second kappa shape index (κ2) is 10.0. The Morgan fingerprint density at radius 3 is 2.50 bits per heavy atom. The lowest BCUT2D eigenvalue weighted by molar-refractivity contribution is -0.115. The first-order valence-electron chi connectivity index (χ1n) is 11.8. The highest BCUT2D eigenvalue weighted by Gasteiger charge is 2.15. The molecule has 4 aromatic rings. The first-order chi connectivity index (χ1) is 16.6. The third-order valence-corrected chi connectivity index (χ3v) is 6.28. The molecule has 1 aliphatic rings. The molecule has 0 spiro atoms. The number of benzene rings is 3. The lowest BCUT2D eigenvalue weighted by Gasteiger charge is -2.21. The summed E-state index contributed by atoms with van der Waals surface area (Å²) < 4.78 is 0. The van der Waals surface area contributed by atoms with E-state index in [0.717, 1.165) is 71.8 Å². The number of amides is 1. The quantitative estimate of drug-likeness (QED) is 0.480. The molecule has 0 bridgehead atoms. The summed E-state index contributed by atoms with van der Waals surface area (Å²) >= 11 is 0. The Labute approximate surface area is 200 Å². The molecule has 0 unspecified atom stereocenters. The Morgan fingerprint density at radius 1 is 0.882 bits per heavy atom. The van der Waals surface area contributed by atoms with Crippen LogP contribution in [-0.2, 0) is 11.2 Å². The zero-order valence-electron chi connectivity index (χ0n) is 19.4. The van der Waals surface area contributed by atoms with Crippen LogP contribution in [0, 0.1) is 0 Å². The highest BCUT2D eigenvalue weighted by atomic mass is 16.1. The number of hydrogen-bond donors (Lipinski definition) is 1. The fraction of sp³-hybridized carbons (Fsp3) is 0.250. The zero-order valence-corrected chi connectivity index (χ0v) is 19.4. The fourth-order valence-electron chi connectivity index (χ4n) is 4.34. The molecule has 1 aliphatic heterocycles. The van der Waals surface area contributed by atoms with Gasteiger partial charge in [0.2, 0.25) is 5.91 Å². The number of rotatable bonds is 5. The van der Waals surface area contributed by atoms with E-state index in [4.69, 9.17) is 4.98 Å². The van der Waals surface area contributed by atoms with Crippen molar-refractivity contribution in [3.63, 3.8) is 0 Å². The van der Waals surface area contributed by atoms with E-state index in [0.29, 0.717) is 6.42 Å². The van der Waals surface area contributed by atoms with E-state index in [1.54, 1.807) is 0 Å². The summed E-state index contributed by atoms with van der Waals surface area (Å²) in [5.74, 6) is 0.920. The highest BCUT2D eigenvalue weighted by molar-refractivity contribution is 5.92. The van der Waals surface area contributed by atoms with Crippen molar-refractivity contribution in [1.29, 1.82) is 0 Å². The van der Waals surface area contributed by atoms with Crippen LogP contribution >= 0.6 is 0 Å². The van der Waals surface area contributed by atoms with E-state index in [-0.39, 0.29) is 5.91 Å². The van der Waals surface area contributed by atoms with Crippen molar-refractivity contribution in [2.45, 2.75) is 12.8 Å². The number of carbonyl (C=O) groups excluding carboxylic acids is 1. The minimum absolute atomic E-state index is 0.0211. The Kier molecular flexibility index (Phi) is 6.49. The van der Waals surface area contributed by atoms with E-state index in [1.165, 1.54) is 0 Å². The van der Waals surface area contributed by atoms with Gasteiger partial charge in [0.15, 0.2) is 0 Å². The van der Waals surface area contributed by atoms with Crippen LogP contribution in [0.1, 0.15) is 12.0 Å². The zero-order chi connectivity index (χ0) is 23.3. The second-order valence-corrected chi connectivity index (χ2v) is 8.86. The van der Waals surface area contributed by atoms with Gasteiger partial charge in [-0.25, -0.2) is 4.98 Å². The Morgan fingerprint density at radius 2 is 1.68 bits per heavy atom. The lowest BCUT2D eigenvalue weighted by atomic mass is 10.0. The molecule has 0 atom stereocenters. The average molecular weight is 452 g/mol. The number of anilines is 2. The standard InChI is InChI=1S/C28H29N5O/c1-32-14-5-15-33(17-16-32)27-20-29-25-13-10-23(19-26(25)31-27)22-8-11-24(12-9-22)30-28(34)18-21-6-3-2-4-7-21/h2-4,6-13,19-20H,5,14-18H2,1H3,(H,30,34). The van der Waals surface area contributed by atoms with Gasteiger partial charge in [0.1, 0.15) is 5.82 Å². The summed E-state index contributed by atoms with van der Waals surface area (Å²) in [6, 6.07) is 23.9. The van der Waals surface area contributed by atoms with E-state index in [9.17, 15) is 4.79 Å². The molecule has 1 N–H and O–H groups in total. The molecule has 2 heterocycles. The molecular formula is C28H29N5O. The van der Waals surface area contributed by atoms with Gasteiger partial charge in [-0.1, -0.05) is 48.5 Å². The molecule has 34 heavy (non-hydrogen) atoms. The van der Waals surface area contributed by atoms with Crippen molar-refractivity contribution >= 4 is 28.4 Å². The molecule has 3 aromatic carbocycles. The monoisotopic (exact) mass is 451 g/mol. The van der Waals surface area contributed by atoms with Crippen molar-refractivity contribution in [3.8, 4) is 11.1 Å². The molecule has 0 radical (unpaired) electrons. The van der Waals surface area contributed by atoms with Crippen LogP contribution in [0.2, 0.25) is 0 Å².